The lowest BCUT2D eigenvalue weighted by molar-refractivity contribution is -0.128. The highest BCUT2D eigenvalue weighted by molar-refractivity contribution is 5.83. The summed E-state index contributed by atoms with van der Waals surface area (Å²) in [5, 5.41) is 3.09. The van der Waals surface area contributed by atoms with Crippen molar-refractivity contribution in [2.45, 2.75) is 57.4 Å². The number of nitrogens with one attached hydrogen (secondary N) is 1. The number of amides is 2. The van der Waals surface area contributed by atoms with Gasteiger partial charge in [0.15, 0.2) is 0 Å². The van der Waals surface area contributed by atoms with Crippen LogP contribution in [0.1, 0.15) is 51.4 Å². The zero-order valence-electron chi connectivity index (χ0n) is 13.4. The number of carbonyl (C=O) groups excluding carboxylic acids is 2. The van der Waals surface area contributed by atoms with Crippen LogP contribution in [-0.2, 0) is 14.3 Å². The Morgan fingerprint density at radius 1 is 1.14 bits per heavy atom. The van der Waals surface area contributed by atoms with Crippen LogP contribution in [0.2, 0.25) is 0 Å². The van der Waals surface area contributed by atoms with E-state index in [-0.39, 0.29) is 23.8 Å². The summed E-state index contributed by atoms with van der Waals surface area (Å²) in [5.41, 5.74) is 0. The monoisotopic (exact) mass is 308 g/mol. The summed E-state index contributed by atoms with van der Waals surface area (Å²) in [4.78, 5) is 26.4. The summed E-state index contributed by atoms with van der Waals surface area (Å²) < 4.78 is 5.30. The van der Waals surface area contributed by atoms with Gasteiger partial charge in [-0.25, -0.2) is 0 Å². The van der Waals surface area contributed by atoms with Crippen LogP contribution in [0.25, 0.3) is 0 Å². The van der Waals surface area contributed by atoms with Gasteiger partial charge in [-0.15, -0.1) is 0 Å². The molecule has 5 heteroatoms. The summed E-state index contributed by atoms with van der Waals surface area (Å²) >= 11 is 0. The fourth-order valence-electron chi connectivity index (χ4n) is 4.01. The molecule has 5 nitrogen and oxygen atoms in total. The number of likely N-dealkylation sites (tertiary alicyclic amines) is 1. The average Bonchev–Trinajstić information content (AvgIpc) is 2.88. The second kappa shape index (κ2) is 7.44. The Bertz CT molecular complexity index is 401. The van der Waals surface area contributed by atoms with Gasteiger partial charge in [0.2, 0.25) is 11.8 Å². The van der Waals surface area contributed by atoms with E-state index in [4.69, 9.17) is 4.74 Å². The van der Waals surface area contributed by atoms with Gasteiger partial charge >= 0.3 is 0 Å². The van der Waals surface area contributed by atoms with Crippen molar-refractivity contribution >= 4 is 11.8 Å². The lowest BCUT2D eigenvalue weighted by atomic mass is 9.89. The van der Waals surface area contributed by atoms with Gasteiger partial charge in [-0.2, -0.15) is 0 Å². The first-order chi connectivity index (χ1) is 10.7. The van der Waals surface area contributed by atoms with Crippen molar-refractivity contribution in [3.63, 3.8) is 0 Å². The maximum atomic E-state index is 12.3. The van der Waals surface area contributed by atoms with Crippen LogP contribution in [0.5, 0.6) is 0 Å². The topological polar surface area (TPSA) is 58.6 Å². The van der Waals surface area contributed by atoms with Crippen LogP contribution in [0.3, 0.4) is 0 Å². The number of hydrogen-bond acceptors (Lipinski definition) is 3. The molecule has 1 saturated carbocycles. The van der Waals surface area contributed by atoms with Crippen LogP contribution in [0.4, 0.5) is 0 Å². The van der Waals surface area contributed by atoms with E-state index in [9.17, 15) is 9.59 Å². The van der Waals surface area contributed by atoms with Crippen molar-refractivity contribution in [1.29, 1.82) is 0 Å². The third-order valence-corrected chi connectivity index (χ3v) is 5.36. The summed E-state index contributed by atoms with van der Waals surface area (Å²) in [5.74, 6) is 1.06. The SMILES string of the molecule is O=C(NC1CC(=O)N(CC2CCCCC2)C1)C1CCOCC1. The molecule has 1 N–H and O–H groups in total. The Balaban J connectivity index is 1.45. The van der Waals surface area contributed by atoms with Gasteiger partial charge in [-0.05, 0) is 31.6 Å². The van der Waals surface area contributed by atoms with Crippen molar-refractivity contribution < 1.29 is 14.3 Å². The first-order valence-corrected chi connectivity index (χ1v) is 8.88. The first-order valence-electron chi connectivity index (χ1n) is 8.88. The molecule has 2 amide bonds. The molecule has 0 aromatic carbocycles. The number of rotatable bonds is 4. The molecule has 3 rings (SSSR count). The molecule has 2 aliphatic heterocycles. The molecular formula is C17H28N2O3. The van der Waals surface area contributed by atoms with Gasteiger partial charge in [0.1, 0.15) is 0 Å². The molecule has 0 aromatic heterocycles. The number of hydrogen-bond donors (Lipinski definition) is 1. The maximum Gasteiger partial charge on any atom is 0.224 e. The molecule has 3 fully saturated rings. The van der Waals surface area contributed by atoms with Gasteiger partial charge in [0.05, 0.1) is 6.04 Å². The molecule has 1 atom stereocenters. The lowest BCUT2D eigenvalue weighted by Crippen LogP contribution is -2.42. The van der Waals surface area contributed by atoms with Crippen LogP contribution >= 0.6 is 0 Å². The van der Waals surface area contributed by atoms with Crippen molar-refractivity contribution in [2.75, 3.05) is 26.3 Å². The predicted molar refractivity (Wildman–Crippen MR) is 83.2 cm³/mol. The molecule has 2 saturated heterocycles. The van der Waals surface area contributed by atoms with Crippen molar-refractivity contribution in [2.24, 2.45) is 11.8 Å². The quantitative estimate of drug-likeness (QED) is 0.860. The molecule has 0 spiro atoms. The van der Waals surface area contributed by atoms with E-state index in [1.165, 1.54) is 32.1 Å². The molecule has 1 aliphatic carbocycles. The standard InChI is InChI=1S/C17H28N2O3/c20-16-10-15(18-17(21)14-6-8-22-9-7-14)12-19(16)11-13-4-2-1-3-5-13/h13-15H,1-12H2,(H,18,21). The van der Waals surface area contributed by atoms with E-state index < -0.39 is 0 Å². The summed E-state index contributed by atoms with van der Waals surface area (Å²) in [6, 6.07) is 0.00596. The summed E-state index contributed by atoms with van der Waals surface area (Å²) in [7, 11) is 0. The predicted octanol–water partition coefficient (Wildman–Crippen LogP) is 1.71. The minimum Gasteiger partial charge on any atom is -0.381 e. The third kappa shape index (κ3) is 4.00. The van der Waals surface area contributed by atoms with Crippen LogP contribution in [0.15, 0.2) is 0 Å². The largest absolute Gasteiger partial charge is 0.381 e. The molecule has 2 heterocycles. The Kier molecular flexibility index (Phi) is 5.34. The fourth-order valence-corrected chi connectivity index (χ4v) is 4.01. The highest BCUT2D eigenvalue weighted by atomic mass is 16.5. The molecule has 124 valence electrons. The summed E-state index contributed by atoms with van der Waals surface area (Å²) in [6.07, 6.45) is 8.53. The molecule has 3 aliphatic rings. The van der Waals surface area contributed by atoms with Crippen LogP contribution < -0.4 is 5.32 Å². The Morgan fingerprint density at radius 3 is 2.59 bits per heavy atom. The summed E-state index contributed by atoms with van der Waals surface area (Å²) in [6.45, 7) is 2.94. The van der Waals surface area contributed by atoms with Crippen molar-refractivity contribution in [3.05, 3.63) is 0 Å². The van der Waals surface area contributed by atoms with Crippen LogP contribution in [-0.4, -0.2) is 49.1 Å². The van der Waals surface area contributed by atoms with Gasteiger partial charge in [0, 0.05) is 38.6 Å². The number of ether oxygens (including phenoxy) is 1. The van der Waals surface area contributed by atoms with Gasteiger partial charge in [-0.3, -0.25) is 9.59 Å². The Hall–Kier alpha value is -1.10. The second-order valence-corrected chi connectivity index (χ2v) is 7.10. The molecular weight excluding hydrogens is 280 g/mol. The van der Waals surface area contributed by atoms with E-state index in [1.807, 2.05) is 4.90 Å². The zero-order chi connectivity index (χ0) is 15.4. The molecule has 1 unspecified atom stereocenters. The highest BCUT2D eigenvalue weighted by Gasteiger charge is 2.33. The molecule has 22 heavy (non-hydrogen) atoms. The second-order valence-electron chi connectivity index (χ2n) is 7.10. The van der Waals surface area contributed by atoms with E-state index in [0.29, 0.717) is 32.1 Å². The van der Waals surface area contributed by atoms with E-state index in [0.717, 1.165) is 19.4 Å². The van der Waals surface area contributed by atoms with E-state index in [2.05, 4.69) is 5.32 Å². The third-order valence-electron chi connectivity index (χ3n) is 5.36. The number of nitrogens with zero attached hydrogens (tertiary/aromatic N) is 1. The van der Waals surface area contributed by atoms with E-state index >= 15 is 0 Å². The van der Waals surface area contributed by atoms with Gasteiger partial charge < -0.3 is 15.0 Å². The smallest absolute Gasteiger partial charge is 0.224 e. The normalized spacial score (nSPS) is 28.1. The van der Waals surface area contributed by atoms with E-state index in [1.54, 1.807) is 0 Å². The van der Waals surface area contributed by atoms with Gasteiger partial charge in [-0.1, -0.05) is 19.3 Å². The fraction of sp³-hybridized carbons (Fsp3) is 0.882. The Labute approximate surface area is 132 Å². The molecule has 0 aromatic rings. The zero-order valence-corrected chi connectivity index (χ0v) is 13.4. The maximum absolute atomic E-state index is 12.3. The van der Waals surface area contributed by atoms with Crippen molar-refractivity contribution in [1.82, 2.24) is 10.2 Å². The number of carbonyl (C=O) groups is 2. The minimum atomic E-state index is 0.00596. The van der Waals surface area contributed by atoms with Crippen molar-refractivity contribution in [3.8, 4) is 0 Å². The Morgan fingerprint density at radius 2 is 1.86 bits per heavy atom. The average molecular weight is 308 g/mol. The van der Waals surface area contributed by atoms with Gasteiger partial charge in [0.25, 0.3) is 0 Å². The molecule has 0 radical (unpaired) electrons. The van der Waals surface area contributed by atoms with Crippen LogP contribution in [0, 0.1) is 11.8 Å². The lowest BCUT2D eigenvalue weighted by Gasteiger charge is -2.27. The first kappa shape index (κ1) is 15.8. The minimum absolute atomic E-state index is 0.00596. The highest BCUT2D eigenvalue weighted by Crippen LogP contribution is 2.26. The molecule has 0 bridgehead atoms.